The Morgan fingerprint density at radius 3 is 2.60 bits per heavy atom. The van der Waals surface area contributed by atoms with Gasteiger partial charge in [-0.05, 0) is 53.4 Å². The van der Waals surface area contributed by atoms with Gasteiger partial charge in [0.25, 0.3) is 0 Å². The van der Waals surface area contributed by atoms with E-state index < -0.39 is 11.4 Å². The molecule has 1 N–H and O–H groups in total. The number of carboxylic acids is 1. The minimum atomic E-state index is -1.11. The second kappa shape index (κ2) is 6.67. The summed E-state index contributed by atoms with van der Waals surface area (Å²) in [5.41, 5.74) is 2.81. The first kappa shape index (κ1) is 18.8. The van der Waals surface area contributed by atoms with Crippen LogP contribution in [-0.2, 0) is 16.8 Å². The number of rotatable bonds is 4. The first-order chi connectivity index (χ1) is 14.4. The Kier molecular flexibility index (Phi) is 4.19. The second-order valence-electron chi connectivity index (χ2n) is 7.81. The van der Waals surface area contributed by atoms with E-state index in [9.17, 15) is 19.1 Å². The van der Waals surface area contributed by atoms with Gasteiger partial charge in [-0.15, -0.1) is 0 Å². The van der Waals surface area contributed by atoms with Gasteiger partial charge in [0.15, 0.2) is 0 Å². The maximum Gasteiger partial charge on any atom is 0.337 e. The van der Waals surface area contributed by atoms with E-state index in [0.717, 1.165) is 16.8 Å². The molecular weight excluding hydrogens is 405 g/mol. The molecule has 1 saturated carbocycles. The van der Waals surface area contributed by atoms with Crippen LogP contribution in [0.3, 0.4) is 0 Å². The zero-order chi connectivity index (χ0) is 21.0. The molecule has 0 radical (unpaired) electrons. The van der Waals surface area contributed by atoms with Crippen LogP contribution in [0.4, 0.5) is 10.1 Å². The monoisotopic (exact) mass is 421 g/mol. The summed E-state index contributed by atoms with van der Waals surface area (Å²) in [4.78, 5) is 26.7. The van der Waals surface area contributed by atoms with Crippen molar-refractivity contribution >= 4 is 29.2 Å². The van der Waals surface area contributed by atoms with Crippen molar-refractivity contribution in [2.75, 3.05) is 4.90 Å². The van der Waals surface area contributed by atoms with E-state index in [0.29, 0.717) is 12.0 Å². The van der Waals surface area contributed by atoms with E-state index in [4.69, 9.17) is 11.6 Å². The van der Waals surface area contributed by atoms with Crippen molar-refractivity contribution in [1.82, 2.24) is 0 Å². The van der Waals surface area contributed by atoms with E-state index in [2.05, 4.69) is 0 Å². The second-order valence-corrected chi connectivity index (χ2v) is 8.21. The average Bonchev–Trinajstić information content (AvgIpc) is 3.45. The fourth-order valence-electron chi connectivity index (χ4n) is 4.62. The largest absolute Gasteiger partial charge is 0.478 e. The molecule has 0 aromatic heterocycles. The van der Waals surface area contributed by atoms with Crippen LogP contribution in [0.25, 0.3) is 0 Å². The maximum absolute atomic E-state index is 13.6. The summed E-state index contributed by atoms with van der Waals surface area (Å²) in [6, 6.07) is 18.8. The molecule has 0 bridgehead atoms. The molecule has 2 aliphatic rings. The fraction of sp³-hybridized carbons (Fsp3) is 0.167. The van der Waals surface area contributed by atoms with Gasteiger partial charge in [-0.1, -0.05) is 48.0 Å². The average molecular weight is 422 g/mol. The van der Waals surface area contributed by atoms with Crippen molar-refractivity contribution in [2.45, 2.75) is 24.3 Å². The molecule has 0 saturated heterocycles. The van der Waals surface area contributed by atoms with Crippen LogP contribution in [0, 0.1) is 5.82 Å². The quantitative estimate of drug-likeness (QED) is 0.633. The van der Waals surface area contributed by atoms with Crippen molar-refractivity contribution in [3.63, 3.8) is 0 Å². The Morgan fingerprint density at radius 2 is 1.87 bits per heavy atom. The lowest BCUT2D eigenvalue weighted by Gasteiger charge is -2.19. The third-order valence-electron chi connectivity index (χ3n) is 6.14. The topological polar surface area (TPSA) is 57.6 Å². The number of nitrogens with zero attached hydrogens (tertiary/aromatic N) is 1. The highest BCUT2D eigenvalue weighted by Crippen LogP contribution is 2.66. The van der Waals surface area contributed by atoms with Gasteiger partial charge in [0.1, 0.15) is 5.82 Å². The van der Waals surface area contributed by atoms with Gasteiger partial charge in [0.05, 0.1) is 22.5 Å². The van der Waals surface area contributed by atoms with Crippen LogP contribution in [-0.4, -0.2) is 17.0 Å². The standard InChI is InChI=1S/C24H17ClFNO3/c25-20-10-5-14(11-17(20)22(28)29)13-27-21-4-2-1-3-18(21)24(23(27)30)12-19(24)15-6-8-16(26)9-7-15/h1-11,19H,12-13H2,(H,28,29)/t19-,24+/m0/s1. The fourth-order valence-corrected chi connectivity index (χ4v) is 4.82. The van der Waals surface area contributed by atoms with Gasteiger partial charge in [-0.25, -0.2) is 9.18 Å². The number of hydrogen-bond donors (Lipinski definition) is 1. The molecule has 3 aromatic carbocycles. The molecule has 150 valence electrons. The number of carbonyl (C=O) groups excluding carboxylic acids is 1. The van der Waals surface area contributed by atoms with Gasteiger partial charge in [-0.3, -0.25) is 4.79 Å². The smallest absolute Gasteiger partial charge is 0.337 e. The number of carbonyl (C=O) groups is 2. The molecule has 3 aromatic rings. The Morgan fingerprint density at radius 1 is 1.13 bits per heavy atom. The molecule has 1 aliphatic carbocycles. The zero-order valence-electron chi connectivity index (χ0n) is 15.8. The van der Waals surface area contributed by atoms with Crippen molar-refractivity contribution in [1.29, 1.82) is 0 Å². The summed E-state index contributed by atoms with van der Waals surface area (Å²) in [6.07, 6.45) is 0.673. The van der Waals surface area contributed by atoms with Crippen LogP contribution >= 0.6 is 11.6 Å². The molecule has 1 amide bonds. The van der Waals surface area contributed by atoms with E-state index in [1.165, 1.54) is 18.2 Å². The predicted molar refractivity (Wildman–Crippen MR) is 111 cm³/mol. The van der Waals surface area contributed by atoms with E-state index >= 15 is 0 Å². The number of anilines is 1. The van der Waals surface area contributed by atoms with Crippen molar-refractivity contribution < 1.29 is 19.1 Å². The minimum Gasteiger partial charge on any atom is -0.478 e. The summed E-state index contributed by atoms with van der Waals surface area (Å²) in [7, 11) is 0. The SMILES string of the molecule is O=C(O)c1cc(CN2C(=O)[C@]3(C[C@H]3c3ccc(F)cc3)c3ccccc32)ccc1Cl. The number of hydrogen-bond acceptors (Lipinski definition) is 2. The molecule has 30 heavy (non-hydrogen) atoms. The number of para-hydroxylation sites is 1. The van der Waals surface area contributed by atoms with Crippen molar-refractivity contribution in [3.05, 3.63) is 99.8 Å². The molecule has 5 rings (SSSR count). The lowest BCUT2D eigenvalue weighted by Crippen LogP contribution is -2.32. The summed E-state index contributed by atoms with van der Waals surface area (Å²) in [5, 5.41) is 9.50. The van der Waals surface area contributed by atoms with Crippen LogP contribution in [0.2, 0.25) is 5.02 Å². The number of halogens is 2. The lowest BCUT2D eigenvalue weighted by atomic mass is 9.92. The van der Waals surface area contributed by atoms with Gasteiger partial charge >= 0.3 is 5.97 Å². The van der Waals surface area contributed by atoms with Gasteiger partial charge in [-0.2, -0.15) is 0 Å². The first-order valence-corrected chi connectivity index (χ1v) is 9.98. The van der Waals surface area contributed by atoms with Gasteiger partial charge in [0.2, 0.25) is 5.91 Å². The van der Waals surface area contributed by atoms with Crippen LogP contribution in [0.15, 0.2) is 66.7 Å². The number of carboxylic acid groups (broad SMARTS) is 1. The summed E-state index contributed by atoms with van der Waals surface area (Å²) < 4.78 is 13.4. The summed E-state index contributed by atoms with van der Waals surface area (Å²) >= 11 is 5.98. The summed E-state index contributed by atoms with van der Waals surface area (Å²) in [5.74, 6) is -1.42. The molecular formula is C24H17ClFNO3. The molecule has 1 fully saturated rings. The molecule has 6 heteroatoms. The molecule has 1 spiro atoms. The number of aromatic carboxylic acids is 1. The maximum atomic E-state index is 13.6. The highest BCUT2D eigenvalue weighted by atomic mass is 35.5. The Labute approximate surface area is 177 Å². The molecule has 0 unspecified atom stereocenters. The number of benzene rings is 3. The minimum absolute atomic E-state index is 0.00320. The van der Waals surface area contributed by atoms with Crippen LogP contribution in [0.1, 0.15) is 39.4 Å². The van der Waals surface area contributed by atoms with Crippen LogP contribution < -0.4 is 4.90 Å². The Bertz CT molecular complexity index is 1190. The van der Waals surface area contributed by atoms with Gasteiger partial charge < -0.3 is 10.0 Å². The normalized spacial score (nSPS) is 21.7. The van der Waals surface area contributed by atoms with E-state index in [1.807, 2.05) is 24.3 Å². The third kappa shape index (κ3) is 2.73. The number of fused-ring (bicyclic) bond motifs is 2. The van der Waals surface area contributed by atoms with Crippen LogP contribution in [0.5, 0.6) is 0 Å². The first-order valence-electron chi connectivity index (χ1n) is 9.60. The van der Waals surface area contributed by atoms with Gasteiger partial charge in [0, 0.05) is 11.6 Å². The van der Waals surface area contributed by atoms with E-state index in [1.54, 1.807) is 29.2 Å². The lowest BCUT2D eigenvalue weighted by molar-refractivity contribution is -0.120. The molecule has 4 nitrogen and oxygen atoms in total. The highest BCUT2D eigenvalue weighted by molar-refractivity contribution is 6.33. The van der Waals surface area contributed by atoms with Crippen molar-refractivity contribution in [2.24, 2.45) is 0 Å². The Hall–Kier alpha value is -3.18. The predicted octanol–water partition coefficient (Wildman–Crippen LogP) is 5.15. The third-order valence-corrected chi connectivity index (χ3v) is 6.47. The van der Waals surface area contributed by atoms with Crippen molar-refractivity contribution in [3.8, 4) is 0 Å². The van der Waals surface area contributed by atoms with E-state index in [-0.39, 0.29) is 34.8 Å². The zero-order valence-corrected chi connectivity index (χ0v) is 16.6. The highest BCUT2D eigenvalue weighted by Gasteiger charge is 2.67. The number of amides is 1. The molecule has 1 heterocycles. The Balaban J connectivity index is 1.52. The summed E-state index contributed by atoms with van der Waals surface area (Å²) in [6.45, 7) is 0.255. The molecule has 1 aliphatic heterocycles. The molecule has 2 atom stereocenters.